The van der Waals surface area contributed by atoms with Gasteiger partial charge in [-0.15, -0.1) is 5.10 Å². The topological polar surface area (TPSA) is 47.0 Å². The summed E-state index contributed by atoms with van der Waals surface area (Å²) in [5, 5.41) is 7.81. The minimum atomic E-state index is -0.134. The van der Waals surface area contributed by atoms with Crippen LogP contribution in [0.25, 0.3) is 0 Å². The van der Waals surface area contributed by atoms with Crippen molar-refractivity contribution in [3.63, 3.8) is 0 Å². The summed E-state index contributed by atoms with van der Waals surface area (Å²) in [6, 6.07) is 0.272. The summed E-state index contributed by atoms with van der Waals surface area (Å²) in [5.41, 5.74) is 0.953. The highest BCUT2D eigenvalue weighted by Gasteiger charge is 2.49. The first-order valence-corrected chi connectivity index (χ1v) is 8.26. The number of ether oxygens (including phenoxy) is 1. The van der Waals surface area contributed by atoms with Gasteiger partial charge in [-0.05, 0) is 59.1 Å². The molecule has 1 aliphatic heterocycles. The van der Waals surface area contributed by atoms with Gasteiger partial charge >= 0.3 is 0 Å². The van der Waals surface area contributed by atoms with Crippen molar-refractivity contribution in [3.8, 4) is 0 Å². The van der Waals surface area contributed by atoms with E-state index in [0.29, 0.717) is 5.92 Å². The Morgan fingerprint density at radius 3 is 2.60 bits per heavy atom. The molecule has 0 spiro atoms. The number of aromatic nitrogens is 2. The second kappa shape index (κ2) is 5.70. The molecule has 20 heavy (non-hydrogen) atoms. The minimum absolute atomic E-state index is 0.0632. The predicted molar refractivity (Wildman–Crippen MR) is 83.1 cm³/mol. The standard InChI is InChI=1S/C15H27N3OS/c1-7-8-11-13(20-18-17-11)12(16-6)10-9-14(2,3)19-15(10,4)5/h10,12,16H,7-9H2,1-6H3. The highest BCUT2D eigenvalue weighted by atomic mass is 32.1. The molecule has 1 aromatic heterocycles. The molecule has 2 unspecified atom stereocenters. The van der Waals surface area contributed by atoms with Crippen LogP contribution in [0.15, 0.2) is 0 Å². The molecule has 0 bridgehead atoms. The van der Waals surface area contributed by atoms with E-state index in [1.54, 1.807) is 0 Å². The van der Waals surface area contributed by atoms with E-state index >= 15 is 0 Å². The van der Waals surface area contributed by atoms with Crippen LogP contribution in [0.4, 0.5) is 0 Å². The fraction of sp³-hybridized carbons (Fsp3) is 0.867. The van der Waals surface area contributed by atoms with Gasteiger partial charge < -0.3 is 10.1 Å². The van der Waals surface area contributed by atoms with Crippen LogP contribution in [0.1, 0.15) is 64.1 Å². The Hall–Kier alpha value is -0.520. The fourth-order valence-corrected chi connectivity index (χ4v) is 4.37. The van der Waals surface area contributed by atoms with Gasteiger partial charge in [0.25, 0.3) is 0 Å². The average molecular weight is 297 g/mol. The lowest BCUT2D eigenvalue weighted by Gasteiger charge is -2.32. The first-order chi connectivity index (χ1) is 9.30. The van der Waals surface area contributed by atoms with Crippen LogP contribution >= 0.6 is 11.5 Å². The largest absolute Gasteiger partial charge is 0.369 e. The van der Waals surface area contributed by atoms with E-state index in [1.807, 2.05) is 7.05 Å². The lowest BCUT2D eigenvalue weighted by Crippen LogP contribution is -2.37. The van der Waals surface area contributed by atoms with Gasteiger partial charge in [-0.2, -0.15) is 0 Å². The van der Waals surface area contributed by atoms with Crippen LogP contribution < -0.4 is 5.32 Å². The smallest absolute Gasteiger partial charge is 0.0803 e. The summed E-state index contributed by atoms with van der Waals surface area (Å²) >= 11 is 1.53. The van der Waals surface area contributed by atoms with E-state index in [1.165, 1.54) is 16.4 Å². The van der Waals surface area contributed by atoms with E-state index in [0.717, 1.165) is 25.0 Å². The number of hydrogen-bond acceptors (Lipinski definition) is 5. The van der Waals surface area contributed by atoms with Crippen molar-refractivity contribution >= 4 is 11.5 Å². The van der Waals surface area contributed by atoms with Crippen molar-refractivity contribution in [1.29, 1.82) is 0 Å². The molecule has 0 aromatic carbocycles. The molecule has 2 heterocycles. The van der Waals surface area contributed by atoms with Gasteiger partial charge in [0.15, 0.2) is 0 Å². The van der Waals surface area contributed by atoms with Gasteiger partial charge in [0.2, 0.25) is 0 Å². The number of aryl methyl sites for hydroxylation is 1. The number of nitrogens with zero attached hydrogens (tertiary/aromatic N) is 2. The van der Waals surface area contributed by atoms with Gasteiger partial charge in [0, 0.05) is 5.92 Å². The van der Waals surface area contributed by atoms with Crippen molar-refractivity contribution < 1.29 is 4.74 Å². The van der Waals surface area contributed by atoms with Gasteiger partial charge in [-0.25, -0.2) is 0 Å². The van der Waals surface area contributed by atoms with Gasteiger partial charge in [-0.1, -0.05) is 17.8 Å². The summed E-state index contributed by atoms with van der Waals surface area (Å²) in [6.07, 6.45) is 3.15. The average Bonchev–Trinajstić information content (AvgIpc) is 2.84. The van der Waals surface area contributed by atoms with Crippen LogP contribution in [0.5, 0.6) is 0 Å². The monoisotopic (exact) mass is 297 g/mol. The Morgan fingerprint density at radius 2 is 2.10 bits per heavy atom. The summed E-state index contributed by atoms with van der Waals surface area (Å²) < 4.78 is 10.4. The van der Waals surface area contributed by atoms with Crippen molar-refractivity contribution in [2.24, 2.45) is 5.92 Å². The summed E-state index contributed by atoms with van der Waals surface area (Å²) in [6.45, 7) is 10.9. The molecule has 5 heteroatoms. The highest BCUT2D eigenvalue weighted by molar-refractivity contribution is 7.05. The van der Waals surface area contributed by atoms with E-state index in [4.69, 9.17) is 4.74 Å². The third-order valence-corrected chi connectivity index (χ3v) is 5.06. The molecule has 1 fully saturated rings. The van der Waals surface area contributed by atoms with E-state index in [-0.39, 0.29) is 17.2 Å². The Bertz CT molecular complexity index is 456. The predicted octanol–water partition coefficient (Wildman–Crippen LogP) is 3.34. The fourth-order valence-electron chi connectivity index (χ4n) is 3.50. The third kappa shape index (κ3) is 3.05. The Balaban J connectivity index is 2.30. The molecule has 114 valence electrons. The molecule has 2 rings (SSSR count). The van der Waals surface area contributed by atoms with E-state index in [9.17, 15) is 0 Å². The molecule has 1 saturated heterocycles. The lowest BCUT2D eigenvalue weighted by molar-refractivity contribution is -0.0775. The van der Waals surface area contributed by atoms with Crippen LogP contribution in [0, 0.1) is 5.92 Å². The molecular formula is C15H27N3OS. The maximum absolute atomic E-state index is 6.25. The normalized spacial score (nSPS) is 25.8. The van der Waals surface area contributed by atoms with Crippen LogP contribution in [0.2, 0.25) is 0 Å². The molecule has 0 radical (unpaired) electrons. The Labute approximate surface area is 126 Å². The minimum Gasteiger partial charge on any atom is -0.369 e. The van der Waals surface area contributed by atoms with Gasteiger partial charge in [-0.3, -0.25) is 0 Å². The summed E-state index contributed by atoms with van der Waals surface area (Å²) in [5.74, 6) is 0.431. The van der Waals surface area contributed by atoms with Crippen LogP contribution in [0.3, 0.4) is 0 Å². The number of nitrogens with one attached hydrogen (secondary N) is 1. The molecule has 1 aliphatic rings. The van der Waals surface area contributed by atoms with Crippen LogP contribution in [-0.4, -0.2) is 27.8 Å². The van der Waals surface area contributed by atoms with Gasteiger partial charge in [0.1, 0.15) is 0 Å². The molecule has 0 amide bonds. The van der Waals surface area contributed by atoms with Crippen molar-refractivity contribution in [1.82, 2.24) is 14.9 Å². The third-order valence-electron chi connectivity index (χ3n) is 4.21. The molecular weight excluding hydrogens is 270 g/mol. The first kappa shape index (κ1) is 15.9. The van der Waals surface area contributed by atoms with E-state index < -0.39 is 0 Å². The summed E-state index contributed by atoms with van der Waals surface area (Å²) in [7, 11) is 2.03. The van der Waals surface area contributed by atoms with E-state index in [2.05, 4.69) is 49.5 Å². The molecule has 1 aromatic rings. The maximum atomic E-state index is 6.25. The Kier molecular flexibility index (Phi) is 4.52. The molecule has 0 aliphatic carbocycles. The Morgan fingerprint density at radius 1 is 1.40 bits per heavy atom. The molecule has 0 saturated carbocycles. The first-order valence-electron chi connectivity index (χ1n) is 7.49. The van der Waals surface area contributed by atoms with Crippen molar-refractivity contribution in [3.05, 3.63) is 10.6 Å². The SMILES string of the molecule is CCCc1nnsc1C(NC)C1CC(C)(C)OC1(C)C. The maximum Gasteiger partial charge on any atom is 0.0803 e. The number of rotatable bonds is 5. The van der Waals surface area contributed by atoms with Crippen LogP contribution in [-0.2, 0) is 11.2 Å². The lowest BCUT2D eigenvalue weighted by atomic mass is 9.80. The molecule has 4 nitrogen and oxygen atoms in total. The van der Waals surface area contributed by atoms with Gasteiger partial charge in [0.05, 0.1) is 27.8 Å². The van der Waals surface area contributed by atoms with Crippen molar-refractivity contribution in [2.75, 3.05) is 7.05 Å². The number of hydrogen-bond donors (Lipinski definition) is 1. The van der Waals surface area contributed by atoms with Crippen molar-refractivity contribution in [2.45, 2.75) is 71.1 Å². The molecule has 1 N–H and O–H groups in total. The highest BCUT2D eigenvalue weighted by Crippen LogP contribution is 2.48. The zero-order valence-corrected chi connectivity index (χ0v) is 14.3. The zero-order chi connectivity index (χ0) is 15.0. The quantitative estimate of drug-likeness (QED) is 0.905. The zero-order valence-electron chi connectivity index (χ0n) is 13.5. The second-order valence-corrected chi connectivity index (χ2v) is 7.66. The molecule has 2 atom stereocenters. The summed E-state index contributed by atoms with van der Waals surface area (Å²) in [4.78, 5) is 1.29. The second-order valence-electron chi connectivity index (χ2n) is 6.88.